The maximum Gasteiger partial charge on any atom is 0.129 e. The van der Waals surface area contributed by atoms with Crippen LogP contribution >= 0.6 is 11.6 Å². The van der Waals surface area contributed by atoms with Crippen LogP contribution in [0.15, 0.2) is 18.3 Å². The van der Waals surface area contributed by atoms with Crippen LogP contribution in [0.2, 0.25) is 5.15 Å². The van der Waals surface area contributed by atoms with Crippen molar-refractivity contribution in [1.29, 1.82) is 0 Å². The number of fused-ring (bicyclic) bond motifs is 2. The summed E-state index contributed by atoms with van der Waals surface area (Å²) < 4.78 is 0. The van der Waals surface area contributed by atoms with Crippen LogP contribution in [0.1, 0.15) is 44.1 Å². The number of likely N-dealkylation sites (tertiary alicyclic amines) is 1. The van der Waals surface area contributed by atoms with Crippen molar-refractivity contribution in [3.63, 3.8) is 0 Å². The number of pyridine rings is 1. The van der Waals surface area contributed by atoms with Crippen molar-refractivity contribution in [3.05, 3.63) is 29.0 Å². The Labute approximate surface area is 136 Å². The van der Waals surface area contributed by atoms with Gasteiger partial charge in [-0.2, -0.15) is 0 Å². The number of piperidine rings is 1. The number of halogens is 1. The third-order valence-corrected chi connectivity index (χ3v) is 7.30. The molecule has 1 aromatic heterocycles. The molecule has 1 N–H and O–H groups in total. The number of hydrogen-bond acceptors (Lipinski definition) is 3. The second-order valence-electron chi connectivity index (χ2n) is 8.13. The molecular formula is C18H23ClN2O. The summed E-state index contributed by atoms with van der Waals surface area (Å²) in [4.78, 5) is 6.82. The van der Waals surface area contributed by atoms with E-state index < -0.39 is 5.60 Å². The molecule has 118 valence electrons. The normalized spacial score (nSPS) is 46.7. The highest BCUT2D eigenvalue weighted by Gasteiger charge is 2.63. The third-order valence-electron chi connectivity index (χ3n) is 7.10. The summed E-state index contributed by atoms with van der Waals surface area (Å²) in [5.74, 6) is 1.69. The Hall–Kier alpha value is -0.640. The smallest absolute Gasteiger partial charge is 0.129 e. The zero-order valence-corrected chi connectivity index (χ0v) is 13.6. The summed E-state index contributed by atoms with van der Waals surface area (Å²) in [6.45, 7) is 2.11. The molecule has 0 amide bonds. The Bertz CT molecular complexity index is 588. The van der Waals surface area contributed by atoms with Crippen LogP contribution in [-0.2, 0) is 5.60 Å². The van der Waals surface area contributed by atoms with Crippen molar-refractivity contribution in [2.45, 2.75) is 49.7 Å². The van der Waals surface area contributed by atoms with Gasteiger partial charge in [-0.25, -0.2) is 4.98 Å². The average molecular weight is 319 g/mol. The quantitative estimate of drug-likeness (QED) is 0.851. The predicted octanol–water partition coefficient (Wildman–Crippen LogP) is 3.21. The second-order valence-corrected chi connectivity index (χ2v) is 8.51. The molecule has 5 aliphatic rings. The predicted molar refractivity (Wildman–Crippen MR) is 85.6 cm³/mol. The van der Waals surface area contributed by atoms with E-state index in [9.17, 15) is 5.11 Å². The monoisotopic (exact) mass is 318 g/mol. The van der Waals surface area contributed by atoms with Crippen LogP contribution in [0.25, 0.3) is 0 Å². The molecule has 4 aliphatic carbocycles. The molecule has 22 heavy (non-hydrogen) atoms. The van der Waals surface area contributed by atoms with E-state index in [2.05, 4.69) is 9.88 Å². The number of aromatic nitrogens is 1. The fraction of sp³-hybridized carbons (Fsp3) is 0.722. The highest BCUT2D eigenvalue weighted by atomic mass is 35.5. The number of rotatable bonds is 2. The fourth-order valence-electron chi connectivity index (χ4n) is 5.78. The van der Waals surface area contributed by atoms with Crippen molar-refractivity contribution < 1.29 is 5.11 Å². The highest BCUT2D eigenvalue weighted by molar-refractivity contribution is 6.29. The van der Waals surface area contributed by atoms with Gasteiger partial charge in [0.05, 0.1) is 5.60 Å². The topological polar surface area (TPSA) is 36.4 Å². The van der Waals surface area contributed by atoms with Crippen molar-refractivity contribution in [3.8, 4) is 0 Å². The molecule has 3 nitrogen and oxygen atoms in total. The van der Waals surface area contributed by atoms with Crippen molar-refractivity contribution in [2.75, 3.05) is 13.1 Å². The van der Waals surface area contributed by atoms with E-state index >= 15 is 0 Å². The Morgan fingerprint density at radius 3 is 2.41 bits per heavy atom. The van der Waals surface area contributed by atoms with Crippen LogP contribution in [0, 0.1) is 17.8 Å². The van der Waals surface area contributed by atoms with Crippen molar-refractivity contribution >= 4 is 11.6 Å². The first-order valence-corrected chi connectivity index (χ1v) is 9.07. The van der Waals surface area contributed by atoms with Crippen LogP contribution in [0.3, 0.4) is 0 Å². The van der Waals surface area contributed by atoms with E-state index in [0.29, 0.717) is 22.5 Å². The zero-order valence-electron chi connectivity index (χ0n) is 12.8. The molecule has 0 radical (unpaired) electrons. The van der Waals surface area contributed by atoms with E-state index in [1.54, 1.807) is 6.20 Å². The average Bonchev–Trinajstić information content (AvgIpc) is 2.36. The minimum Gasteiger partial charge on any atom is -0.384 e. The van der Waals surface area contributed by atoms with Gasteiger partial charge in [0.1, 0.15) is 5.15 Å². The van der Waals surface area contributed by atoms with Gasteiger partial charge in [0.2, 0.25) is 0 Å². The molecule has 1 aliphatic heterocycles. The molecule has 3 atom stereocenters. The van der Waals surface area contributed by atoms with E-state index in [1.165, 1.54) is 25.7 Å². The molecule has 4 bridgehead atoms. The molecular weight excluding hydrogens is 296 g/mol. The standard InChI is InChI=1S/C18H23ClN2O/c19-16-6-13(4-5-20-16)18(22)14-2-1-3-15(18)11-21(10-14)17-7-12(8-17)9-17/h4-6,12,14-15,22H,1-3,7-11H2/t12?,14-,15+,17?,18+. The SMILES string of the molecule is O[C@@]1(c2ccnc(Cl)c2)[C@@H]2CCC[C@H]1CN(C13CC(C1)C3)C2. The number of nitrogens with zero attached hydrogens (tertiary/aromatic N) is 2. The lowest BCUT2D eigenvalue weighted by Gasteiger charge is -2.70. The van der Waals surface area contributed by atoms with Crippen LogP contribution in [0.4, 0.5) is 0 Å². The van der Waals surface area contributed by atoms with Gasteiger partial charge in [-0.05, 0) is 55.7 Å². The lowest BCUT2D eigenvalue weighted by molar-refractivity contribution is -0.217. The van der Waals surface area contributed by atoms with E-state index in [-0.39, 0.29) is 0 Å². The van der Waals surface area contributed by atoms with Crippen molar-refractivity contribution in [2.24, 2.45) is 17.8 Å². The second kappa shape index (κ2) is 4.46. The van der Waals surface area contributed by atoms with Gasteiger partial charge in [-0.15, -0.1) is 0 Å². The molecule has 1 saturated heterocycles. The lowest BCUT2D eigenvalue weighted by atomic mass is 9.48. The molecule has 1 aromatic rings. The van der Waals surface area contributed by atoms with Gasteiger partial charge in [0, 0.05) is 36.7 Å². The van der Waals surface area contributed by atoms with Crippen LogP contribution < -0.4 is 0 Å². The van der Waals surface area contributed by atoms with E-state index in [1.807, 2.05) is 12.1 Å². The van der Waals surface area contributed by atoms with Crippen LogP contribution in [-0.4, -0.2) is 33.6 Å². The van der Waals surface area contributed by atoms with E-state index in [0.717, 1.165) is 37.4 Å². The Kier molecular flexibility index (Phi) is 2.79. The van der Waals surface area contributed by atoms with Gasteiger partial charge in [0.15, 0.2) is 0 Å². The van der Waals surface area contributed by atoms with E-state index in [4.69, 9.17) is 11.6 Å². The Morgan fingerprint density at radius 1 is 1.18 bits per heavy atom. The minimum absolute atomic E-state index is 0.340. The largest absolute Gasteiger partial charge is 0.384 e. The molecule has 4 saturated carbocycles. The number of hydrogen-bond donors (Lipinski definition) is 1. The summed E-state index contributed by atoms with van der Waals surface area (Å²) in [7, 11) is 0. The maximum absolute atomic E-state index is 11.6. The summed E-state index contributed by atoms with van der Waals surface area (Å²) in [5.41, 5.74) is 0.806. The molecule has 0 unspecified atom stereocenters. The van der Waals surface area contributed by atoms with Gasteiger partial charge in [-0.1, -0.05) is 18.0 Å². The summed E-state index contributed by atoms with van der Waals surface area (Å²) in [6, 6.07) is 3.84. The minimum atomic E-state index is -0.704. The highest BCUT2D eigenvalue weighted by Crippen LogP contribution is 2.63. The first-order chi connectivity index (χ1) is 10.6. The van der Waals surface area contributed by atoms with Gasteiger partial charge in [-0.3, -0.25) is 4.90 Å². The molecule has 4 heteroatoms. The first-order valence-electron chi connectivity index (χ1n) is 8.70. The van der Waals surface area contributed by atoms with Crippen molar-refractivity contribution in [1.82, 2.24) is 9.88 Å². The Balaban J connectivity index is 1.49. The number of aliphatic hydroxyl groups is 1. The molecule has 6 rings (SSSR count). The first kappa shape index (κ1) is 13.8. The maximum atomic E-state index is 11.6. The summed E-state index contributed by atoms with van der Waals surface area (Å²) >= 11 is 6.09. The van der Waals surface area contributed by atoms with Gasteiger partial charge < -0.3 is 5.11 Å². The Morgan fingerprint density at radius 2 is 1.86 bits per heavy atom. The lowest BCUT2D eigenvalue weighted by Crippen LogP contribution is -2.73. The van der Waals surface area contributed by atoms with Gasteiger partial charge in [0.25, 0.3) is 0 Å². The molecule has 0 aromatic carbocycles. The fourth-order valence-corrected chi connectivity index (χ4v) is 5.96. The van der Waals surface area contributed by atoms with Gasteiger partial charge >= 0.3 is 0 Å². The third kappa shape index (κ3) is 1.68. The summed E-state index contributed by atoms with van der Waals surface area (Å²) in [6.07, 6.45) is 9.47. The molecule has 2 heterocycles. The summed E-state index contributed by atoms with van der Waals surface area (Å²) in [5, 5.41) is 12.1. The van der Waals surface area contributed by atoms with Crippen LogP contribution in [0.5, 0.6) is 0 Å². The molecule has 5 fully saturated rings. The zero-order chi connectivity index (χ0) is 14.9. The molecule has 0 spiro atoms.